The Hall–Kier alpha value is -4.72. The molecular weight excluding hydrogens is 571 g/mol. The molecule has 3 aliphatic rings. The van der Waals surface area contributed by atoms with Crippen LogP contribution in [0.2, 0.25) is 0 Å². The molecule has 1 aromatic heterocycles. The molecular formula is C33H30F3N5O3. The van der Waals surface area contributed by atoms with Crippen LogP contribution in [0.15, 0.2) is 67.0 Å². The van der Waals surface area contributed by atoms with Crippen molar-refractivity contribution in [3.63, 3.8) is 0 Å². The van der Waals surface area contributed by atoms with Crippen LogP contribution in [-0.2, 0) is 26.3 Å². The highest BCUT2D eigenvalue weighted by Crippen LogP contribution is 2.46. The van der Waals surface area contributed by atoms with Crippen LogP contribution in [0.25, 0.3) is 0 Å². The third-order valence-electron chi connectivity index (χ3n) is 8.95. The van der Waals surface area contributed by atoms with Crippen LogP contribution >= 0.6 is 0 Å². The van der Waals surface area contributed by atoms with Crippen molar-refractivity contribution in [3.05, 3.63) is 89.5 Å². The minimum atomic E-state index is -2.80. The minimum Gasteiger partial charge on any atom is -0.351 e. The van der Waals surface area contributed by atoms with Crippen molar-refractivity contribution in [2.24, 2.45) is 0 Å². The van der Waals surface area contributed by atoms with Gasteiger partial charge in [-0.2, -0.15) is 5.26 Å². The number of hydrogen-bond donors (Lipinski definition) is 1. The number of halogens is 3. The molecule has 1 saturated carbocycles. The van der Waals surface area contributed by atoms with Gasteiger partial charge in [-0.1, -0.05) is 30.3 Å². The Morgan fingerprint density at radius 1 is 1.00 bits per heavy atom. The first kappa shape index (κ1) is 29.4. The lowest BCUT2D eigenvalue weighted by molar-refractivity contribution is -0.132. The first-order chi connectivity index (χ1) is 21.1. The van der Waals surface area contributed by atoms with Crippen molar-refractivity contribution >= 4 is 29.1 Å². The molecule has 0 spiro atoms. The number of pyridine rings is 1. The van der Waals surface area contributed by atoms with E-state index in [4.69, 9.17) is 0 Å². The molecule has 1 aliphatic heterocycles. The fraction of sp³-hybridized carbons (Fsp3) is 0.364. The molecule has 44 heavy (non-hydrogen) atoms. The second-order valence-corrected chi connectivity index (χ2v) is 11.6. The molecule has 1 N–H and O–H groups in total. The number of nitrogens with zero attached hydrogens (tertiary/aromatic N) is 4. The molecule has 3 amide bonds. The standard InChI is InChI=1S/C33H30F3N5O3/c34-23-17-26(20-38-19-23)41(30(43)28-8-9-29(42)40(28)25-6-3-4-21(16-25)18-37)33(15-10-22-5-1-2-7-27(22)33)31(44)39-24-11-13-32(35,36)14-12-24/h1-7,16-17,19-20,24,28H,8-15H2,(H,39,44)/t28-,33?/m0/s1. The summed E-state index contributed by atoms with van der Waals surface area (Å²) in [6.45, 7) is 0. The molecule has 2 atom stereocenters. The smallest absolute Gasteiger partial charge is 0.251 e. The zero-order chi connectivity index (χ0) is 31.1. The summed E-state index contributed by atoms with van der Waals surface area (Å²) in [6, 6.07) is 15.1. The number of aryl methyl sites for hydroxylation is 1. The van der Waals surface area contributed by atoms with Crippen LogP contribution in [0, 0.1) is 17.1 Å². The van der Waals surface area contributed by atoms with Gasteiger partial charge in [-0.05, 0) is 61.4 Å². The van der Waals surface area contributed by atoms with Crippen molar-refractivity contribution in [1.82, 2.24) is 10.3 Å². The largest absolute Gasteiger partial charge is 0.351 e. The van der Waals surface area contributed by atoms with E-state index in [1.54, 1.807) is 30.3 Å². The topological polar surface area (TPSA) is 106 Å². The zero-order valence-electron chi connectivity index (χ0n) is 23.8. The average Bonchev–Trinajstić information content (AvgIpc) is 3.60. The first-order valence-electron chi connectivity index (χ1n) is 14.7. The predicted molar refractivity (Wildman–Crippen MR) is 155 cm³/mol. The molecule has 11 heteroatoms. The van der Waals surface area contributed by atoms with E-state index in [1.807, 2.05) is 18.2 Å². The minimum absolute atomic E-state index is 0.0297. The van der Waals surface area contributed by atoms with Gasteiger partial charge in [0.2, 0.25) is 11.8 Å². The van der Waals surface area contributed by atoms with Crippen molar-refractivity contribution in [3.8, 4) is 6.07 Å². The lowest BCUT2D eigenvalue weighted by Gasteiger charge is -2.43. The number of fused-ring (bicyclic) bond motifs is 1. The Kier molecular flexibility index (Phi) is 7.61. The van der Waals surface area contributed by atoms with Crippen LogP contribution in [0.3, 0.4) is 0 Å². The van der Waals surface area contributed by atoms with Gasteiger partial charge in [-0.25, -0.2) is 13.2 Å². The van der Waals surface area contributed by atoms with E-state index in [0.717, 1.165) is 17.8 Å². The predicted octanol–water partition coefficient (Wildman–Crippen LogP) is 5.16. The lowest BCUT2D eigenvalue weighted by Crippen LogP contribution is -2.62. The summed E-state index contributed by atoms with van der Waals surface area (Å²) in [5.41, 5.74) is 0.380. The lowest BCUT2D eigenvalue weighted by atomic mass is 9.85. The summed E-state index contributed by atoms with van der Waals surface area (Å²) in [5, 5.41) is 12.4. The second-order valence-electron chi connectivity index (χ2n) is 11.6. The van der Waals surface area contributed by atoms with Crippen LogP contribution in [0.4, 0.5) is 24.5 Å². The van der Waals surface area contributed by atoms with Gasteiger partial charge in [0, 0.05) is 37.1 Å². The van der Waals surface area contributed by atoms with E-state index >= 15 is 0 Å². The number of nitriles is 1. The van der Waals surface area contributed by atoms with Gasteiger partial charge in [0.25, 0.3) is 11.8 Å². The van der Waals surface area contributed by atoms with E-state index in [-0.39, 0.29) is 56.5 Å². The first-order valence-corrected chi connectivity index (χ1v) is 14.7. The number of amides is 3. The normalized spacial score (nSPS) is 22.7. The Morgan fingerprint density at radius 2 is 1.77 bits per heavy atom. The van der Waals surface area contributed by atoms with E-state index in [1.165, 1.54) is 22.1 Å². The van der Waals surface area contributed by atoms with E-state index in [9.17, 15) is 32.8 Å². The maximum atomic E-state index is 14.9. The summed E-state index contributed by atoms with van der Waals surface area (Å²) < 4.78 is 42.6. The Morgan fingerprint density at radius 3 is 2.52 bits per heavy atom. The van der Waals surface area contributed by atoms with Crippen molar-refractivity contribution in [1.29, 1.82) is 5.26 Å². The number of nitrogens with one attached hydrogen (secondary N) is 1. The third-order valence-corrected chi connectivity index (χ3v) is 8.95. The molecule has 2 aliphatic carbocycles. The molecule has 6 rings (SSSR count). The molecule has 8 nitrogen and oxygen atoms in total. The fourth-order valence-electron chi connectivity index (χ4n) is 6.83. The SMILES string of the molecule is N#Cc1cccc(N2C(=O)CC[C@H]2C(=O)N(c2cncc(F)c2)C2(C(=O)NC3CCC(F)(F)CC3)CCc3ccccc32)c1. The number of aromatic nitrogens is 1. The van der Waals surface area contributed by atoms with Gasteiger partial charge in [0.15, 0.2) is 5.54 Å². The molecule has 2 fully saturated rings. The summed E-state index contributed by atoms with van der Waals surface area (Å²) in [5.74, 6) is -5.03. The highest BCUT2D eigenvalue weighted by Gasteiger charge is 2.55. The number of hydrogen-bond acceptors (Lipinski definition) is 5. The van der Waals surface area contributed by atoms with Gasteiger partial charge < -0.3 is 5.32 Å². The zero-order valence-corrected chi connectivity index (χ0v) is 23.8. The van der Waals surface area contributed by atoms with Crippen molar-refractivity contribution in [2.75, 3.05) is 9.80 Å². The quantitative estimate of drug-likeness (QED) is 0.421. The number of benzene rings is 2. The summed E-state index contributed by atoms with van der Waals surface area (Å²) in [7, 11) is 0. The molecule has 1 unspecified atom stereocenters. The van der Waals surface area contributed by atoms with Gasteiger partial charge in [0.1, 0.15) is 11.9 Å². The molecule has 1 saturated heterocycles. The van der Waals surface area contributed by atoms with Crippen LogP contribution < -0.4 is 15.1 Å². The Balaban J connectivity index is 1.47. The monoisotopic (exact) mass is 601 g/mol. The Bertz CT molecular complexity index is 1660. The fourth-order valence-corrected chi connectivity index (χ4v) is 6.83. The third kappa shape index (κ3) is 5.19. The maximum absolute atomic E-state index is 14.9. The summed E-state index contributed by atoms with van der Waals surface area (Å²) >= 11 is 0. The van der Waals surface area contributed by atoms with Crippen LogP contribution in [0.1, 0.15) is 61.6 Å². The van der Waals surface area contributed by atoms with E-state index < -0.39 is 41.2 Å². The van der Waals surface area contributed by atoms with Crippen LogP contribution in [0.5, 0.6) is 0 Å². The number of carbonyl (C=O) groups is 3. The number of carbonyl (C=O) groups excluding carboxylic acids is 3. The van der Waals surface area contributed by atoms with Crippen molar-refractivity contribution in [2.45, 2.75) is 74.9 Å². The highest BCUT2D eigenvalue weighted by atomic mass is 19.3. The average molecular weight is 602 g/mol. The molecule has 0 bridgehead atoms. The van der Waals surface area contributed by atoms with Gasteiger partial charge in [0.05, 0.1) is 29.7 Å². The summed E-state index contributed by atoms with van der Waals surface area (Å²) in [4.78, 5) is 49.2. The number of anilines is 2. The molecule has 2 heterocycles. The van der Waals surface area contributed by atoms with Gasteiger partial charge in [-0.3, -0.25) is 29.2 Å². The van der Waals surface area contributed by atoms with Crippen LogP contribution in [-0.4, -0.2) is 40.7 Å². The molecule has 0 radical (unpaired) electrons. The Labute approximate surface area is 252 Å². The summed E-state index contributed by atoms with van der Waals surface area (Å²) in [6.07, 6.45) is 2.47. The van der Waals surface area contributed by atoms with E-state index in [0.29, 0.717) is 23.2 Å². The molecule has 226 valence electrons. The number of rotatable bonds is 6. The second kappa shape index (κ2) is 11.4. The molecule has 2 aromatic carbocycles. The van der Waals surface area contributed by atoms with Gasteiger partial charge >= 0.3 is 0 Å². The van der Waals surface area contributed by atoms with Crippen molar-refractivity contribution < 1.29 is 27.6 Å². The van der Waals surface area contributed by atoms with E-state index in [2.05, 4.69) is 10.3 Å². The number of alkyl halides is 2. The molecule has 3 aromatic rings. The van der Waals surface area contributed by atoms with Gasteiger partial charge in [-0.15, -0.1) is 0 Å². The maximum Gasteiger partial charge on any atom is 0.251 e. The highest BCUT2D eigenvalue weighted by molar-refractivity contribution is 6.12.